The lowest BCUT2D eigenvalue weighted by Gasteiger charge is -2.37. The van der Waals surface area contributed by atoms with Gasteiger partial charge in [-0.05, 0) is 48.7 Å². The Balaban J connectivity index is 2.04. The van der Waals surface area contributed by atoms with Crippen molar-refractivity contribution in [3.8, 4) is 11.5 Å². The molecule has 1 heterocycles. The lowest BCUT2D eigenvalue weighted by molar-refractivity contribution is -0.119. The van der Waals surface area contributed by atoms with Crippen LogP contribution < -0.4 is 15.2 Å². The van der Waals surface area contributed by atoms with Gasteiger partial charge in [0.25, 0.3) is 5.91 Å². The van der Waals surface area contributed by atoms with Crippen molar-refractivity contribution in [3.63, 3.8) is 0 Å². The van der Waals surface area contributed by atoms with Crippen LogP contribution >= 0.6 is 0 Å². The Morgan fingerprint density at radius 2 is 1.85 bits per heavy atom. The first kappa shape index (κ1) is 18.8. The maximum absolute atomic E-state index is 13.1. The Hall–Kier alpha value is -3.02. The van der Waals surface area contributed by atoms with Gasteiger partial charge in [-0.3, -0.25) is 9.59 Å². The Morgan fingerprint density at radius 3 is 2.48 bits per heavy atom. The van der Waals surface area contributed by atoms with E-state index in [1.165, 1.54) is 0 Å². The highest BCUT2D eigenvalue weighted by Crippen LogP contribution is 2.39. The third kappa shape index (κ3) is 3.74. The fraction of sp³-hybridized carbons (Fsp3) is 0.333. The molecule has 2 aromatic rings. The van der Waals surface area contributed by atoms with Crippen molar-refractivity contribution in [3.05, 3.63) is 58.7 Å². The van der Waals surface area contributed by atoms with E-state index in [4.69, 9.17) is 15.2 Å². The first-order chi connectivity index (χ1) is 12.9. The number of ether oxygens (including phenoxy) is 2. The van der Waals surface area contributed by atoms with Gasteiger partial charge in [0.1, 0.15) is 0 Å². The fourth-order valence-electron chi connectivity index (χ4n) is 3.63. The standard InChI is InChI=1S/C21H24N2O4/c1-13-5-4-6-15(9-13)21(25)23-8-7-14-10-18(26-2)19(27-3)11-16(14)17(23)12-20(22)24/h4-6,9-11,17H,7-8,12H2,1-3H3,(H2,22,24). The lowest BCUT2D eigenvalue weighted by Crippen LogP contribution is -2.41. The molecule has 1 aliphatic heterocycles. The number of fused-ring (bicyclic) bond motifs is 1. The van der Waals surface area contributed by atoms with Crippen LogP contribution in [0, 0.1) is 6.92 Å². The summed E-state index contributed by atoms with van der Waals surface area (Å²) in [6, 6.07) is 10.8. The highest BCUT2D eigenvalue weighted by atomic mass is 16.5. The molecule has 0 fully saturated rings. The summed E-state index contributed by atoms with van der Waals surface area (Å²) in [5, 5.41) is 0. The van der Waals surface area contributed by atoms with Crippen LogP contribution in [0.1, 0.15) is 39.5 Å². The molecular formula is C21H24N2O4. The molecule has 0 spiro atoms. The van der Waals surface area contributed by atoms with Crippen molar-refractivity contribution in [1.82, 2.24) is 4.90 Å². The van der Waals surface area contributed by atoms with Gasteiger partial charge in [-0.2, -0.15) is 0 Å². The molecule has 0 aliphatic carbocycles. The Labute approximate surface area is 158 Å². The van der Waals surface area contributed by atoms with Gasteiger partial charge >= 0.3 is 0 Å². The number of aryl methyl sites for hydroxylation is 1. The number of carbonyl (C=O) groups excluding carboxylic acids is 2. The van der Waals surface area contributed by atoms with Crippen LogP contribution in [0.5, 0.6) is 11.5 Å². The third-order valence-electron chi connectivity index (χ3n) is 4.92. The number of carbonyl (C=O) groups is 2. The second-order valence-corrected chi connectivity index (χ2v) is 6.71. The smallest absolute Gasteiger partial charge is 0.254 e. The van der Waals surface area contributed by atoms with Gasteiger partial charge in [-0.15, -0.1) is 0 Å². The molecule has 2 N–H and O–H groups in total. The number of hydrogen-bond donors (Lipinski definition) is 1. The molecule has 0 radical (unpaired) electrons. The molecule has 0 saturated heterocycles. The van der Waals surface area contributed by atoms with Crippen LogP contribution in [0.15, 0.2) is 36.4 Å². The largest absolute Gasteiger partial charge is 0.493 e. The number of amides is 2. The van der Waals surface area contributed by atoms with E-state index in [1.807, 2.05) is 37.3 Å². The fourth-order valence-corrected chi connectivity index (χ4v) is 3.63. The second kappa shape index (κ2) is 7.70. The van der Waals surface area contributed by atoms with E-state index in [0.717, 1.165) is 16.7 Å². The topological polar surface area (TPSA) is 81.9 Å². The highest BCUT2D eigenvalue weighted by molar-refractivity contribution is 5.95. The molecule has 27 heavy (non-hydrogen) atoms. The molecule has 6 nitrogen and oxygen atoms in total. The molecule has 3 rings (SSSR count). The van der Waals surface area contributed by atoms with Crippen molar-refractivity contribution >= 4 is 11.8 Å². The summed E-state index contributed by atoms with van der Waals surface area (Å²) in [6.45, 7) is 2.45. The summed E-state index contributed by atoms with van der Waals surface area (Å²) >= 11 is 0. The minimum absolute atomic E-state index is 0.0556. The van der Waals surface area contributed by atoms with Gasteiger partial charge in [0, 0.05) is 12.1 Å². The minimum Gasteiger partial charge on any atom is -0.493 e. The van der Waals surface area contributed by atoms with Crippen LogP contribution in [0.25, 0.3) is 0 Å². The SMILES string of the molecule is COc1cc2c(cc1OC)C(CC(N)=O)N(C(=O)c1cccc(C)c1)CC2. The molecule has 0 aromatic heterocycles. The maximum Gasteiger partial charge on any atom is 0.254 e. The number of rotatable bonds is 5. The molecular weight excluding hydrogens is 344 g/mol. The zero-order chi connectivity index (χ0) is 19.6. The average Bonchev–Trinajstić information content (AvgIpc) is 2.66. The van der Waals surface area contributed by atoms with E-state index in [2.05, 4.69) is 0 Å². The molecule has 0 saturated carbocycles. The Morgan fingerprint density at radius 1 is 1.15 bits per heavy atom. The van der Waals surface area contributed by atoms with E-state index in [9.17, 15) is 9.59 Å². The number of primary amides is 1. The average molecular weight is 368 g/mol. The maximum atomic E-state index is 13.1. The van der Waals surface area contributed by atoms with E-state index >= 15 is 0 Å². The molecule has 2 aromatic carbocycles. The Bertz CT molecular complexity index is 878. The van der Waals surface area contributed by atoms with Gasteiger partial charge in [-0.1, -0.05) is 17.7 Å². The summed E-state index contributed by atoms with van der Waals surface area (Å²) < 4.78 is 10.8. The third-order valence-corrected chi connectivity index (χ3v) is 4.92. The van der Waals surface area contributed by atoms with Crippen molar-refractivity contribution in [2.45, 2.75) is 25.8 Å². The quantitative estimate of drug-likeness (QED) is 0.880. The van der Waals surface area contributed by atoms with Gasteiger partial charge in [0.2, 0.25) is 5.91 Å². The van der Waals surface area contributed by atoms with Crippen molar-refractivity contribution in [2.24, 2.45) is 5.73 Å². The summed E-state index contributed by atoms with van der Waals surface area (Å²) in [4.78, 5) is 26.6. The zero-order valence-corrected chi connectivity index (χ0v) is 15.8. The monoisotopic (exact) mass is 368 g/mol. The highest BCUT2D eigenvalue weighted by Gasteiger charge is 2.33. The predicted octanol–water partition coefficient (Wildman–Crippen LogP) is 2.63. The zero-order valence-electron chi connectivity index (χ0n) is 15.8. The predicted molar refractivity (Wildman–Crippen MR) is 102 cm³/mol. The van der Waals surface area contributed by atoms with Crippen LogP contribution in [0.3, 0.4) is 0 Å². The molecule has 6 heteroatoms. The van der Waals surface area contributed by atoms with Crippen molar-refractivity contribution in [1.29, 1.82) is 0 Å². The number of nitrogens with zero attached hydrogens (tertiary/aromatic N) is 1. The number of methoxy groups -OCH3 is 2. The minimum atomic E-state index is -0.454. The first-order valence-corrected chi connectivity index (χ1v) is 8.85. The van der Waals surface area contributed by atoms with Gasteiger partial charge < -0.3 is 20.1 Å². The first-order valence-electron chi connectivity index (χ1n) is 8.85. The Kier molecular flexibility index (Phi) is 5.35. The number of nitrogens with two attached hydrogens (primary N) is 1. The molecule has 1 unspecified atom stereocenters. The lowest BCUT2D eigenvalue weighted by atomic mass is 9.89. The molecule has 0 bridgehead atoms. The van der Waals surface area contributed by atoms with Crippen LogP contribution in [0.2, 0.25) is 0 Å². The summed E-state index contributed by atoms with van der Waals surface area (Å²) in [7, 11) is 3.15. The van der Waals surface area contributed by atoms with Crippen molar-refractivity contribution in [2.75, 3.05) is 20.8 Å². The number of benzene rings is 2. The summed E-state index contributed by atoms with van der Waals surface area (Å²) in [6.07, 6.45) is 0.725. The summed E-state index contributed by atoms with van der Waals surface area (Å²) in [5.74, 6) is 0.637. The normalized spacial score (nSPS) is 15.8. The van der Waals surface area contributed by atoms with E-state index in [0.29, 0.717) is 30.0 Å². The summed E-state index contributed by atoms with van der Waals surface area (Å²) in [5.41, 5.74) is 9.02. The van der Waals surface area contributed by atoms with Gasteiger partial charge in [0.05, 0.1) is 26.7 Å². The number of hydrogen-bond acceptors (Lipinski definition) is 4. The second-order valence-electron chi connectivity index (χ2n) is 6.71. The molecule has 2 amide bonds. The van der Waals surface area contributed by atoms with Gasteiger partial charge in [-0.25, -0.2) is 0 Å². The van der Waals surface area contributed by atoms with Crippen LogP contribution in [0.4, 0.5) is 0 Å². The molecule has 1 atom stereocenters. The van der Waals surface area contributed by atoms with E-state index in [1.54, 1.807) is 25.2 Å². The molecule has 1 aliphatic rings. The van der Waals surface area contributed by atoms with Crippen molar-refractivity contribution < 1.29 is 19.1 Å². The van der Waals surface area contributed by atoms with E-state index < -0.39 is 11.9 Å². The van der Waals surface area contributed by atoms with E-state index in [-0.39, 0.29) is 12.3 Å². The van der Waals surface area contributed by atoms with Crippen LogP contribution in [-0.2, 0) is 11.2 Å². The molecule has 142 valence electrons. The van der Waals surface area contributed by atoms with Crippen LogP contribution in [-0.4, -0.2) is 37.5 Å². The van der Waals surface area contributed by atoms with Gasteiger partial charge in [0.15, 0.2) is 11.5 Å².